The van der Waals surface area contributed by atoms with Gasteiger partial charge in [-0.2, -0.15) is 0 Å². The molecule has 0 radical (unpaired) electrons. The quantitative estimate of drug-likeness (QED) is 0.775. The van der Waals surface area contributed by atoms with Crippen molar-refractivity contribution in [3.63, 3.8) is 0 Å². The second-order valence-corrected chi connectivity index (χ2v) is 6.66. The molecule has 4 nitrogen and oxygen atoms in total. The van der Waals surface area contributed by atoms with Crippen molar-refractivity contribution in [1.29, 1.82) is 0 Å². The van der Waals surface area contributed by atoms with E-state index in [0.29, 0.717) is 6.54 Å². The zero-order valence-electron chi connectivity index (χ0n) is 12.9. The molecule has 2 heterocycles. The summed E-state index contributed by atoms with van der Waals surface area (Å²) in [5.41, 5.74) is 3.97. The van der Waals surface area contributed by atoms with Crippen LogP contribution in [0.4, 0.5) is 0 Å². The van der Waals surface area contributed by atoms with Crippen molar-refractivity contribution in [2.24, 2.45) is 0 Å². The van der Waals surface area contributed by atoms with Crippen LogP contribution >= 0.6 is 11.3 Å². The number of thiazole rings is 1. The van der Waals surface area contributed by atoms with E-state index in [1.54, 1.807) is 17.4 Å². The summed E-state index contributed by atoms with van der Waals surface area (Å²) >= 11 is 1.65. The fourth-order valence-corrected chi connectivity index (χ4v) is 3.16. The van der Waals surface area contributed by atoms with Gasteiger partial charge in [0, 0.05) is 40.6 Å². The standard InChI is InChI=1S/C17H19N3OS/c1-10-4-5-15-14(6-10)17(21)7-13(20-15)8-18-11(2)16-9-22-12(3)19-16/h4-7,9,11,18H,8H2,1-3H3,(H,20,21)/t11-/m1/s1. The number of hydrogen-bond acceptors (Lipinski definition) is 4. The zero-order chi connectivity index (χ0) is 15.7. The first kappa shape index (κ1) is 14.9. The van der Waals surface area contributed by atoms with Crippen molar-refractivity contribution in [2.75, 3.05) is 0 Å². The van der Waals surface area contributed by atoms with Crippen LogP contribution in [0.1, 0.15) is 34.9 Å². The maximum absolute atomic E-state index is 12.2. The average molecular weight is 313 g/mol. The summed E-state index contributed by atoms with van der Waals surface area (Å²) in [5.74, 6) is 0. The van der Waals surface area contributed by atoms with Crippen molar-refractivity contribution in [3.8, 4) is 0 Å². The number of H-pyrrole nitrogens is 1. The van der Waals surface area contributed by atoms with Crippen molar-refractivity contribution >= 4 is 22.2 Å². The Balaban J connectivity index is 1.79. The topological polar surface area (TPSA) is 57.8 Å². The molecule has 0 fully saturated rings. The molecule has 22 heavy (non-hydrogen) atoms. The van der Waals surface area contributed by atoms with Crippen LogP contribution in [0.15, 0.2) is 34.4 Å². The first-order valence-electron chi connectivity index (χ1n) is 7.31. The van der Waals surface area contributed by atoms with Gasteiger partial charge < -0.3 is 10.3 Å². The van der Waals surface area contributed by atoms with Crippen LogP contribution in [0.25, 0.3) is 10.9 Å². The number of aryl methyl sites for hydroxylation is 2. The first-order valence-corrected chi connectivity index (χ1v) is 8.19. The summed E-state index contributed by atoms with van der Waals surface area (Å²) < 4.78 is 0. The van der Waals surface area contributed by atoms with Gasteiger partial charge in [-0.05, 0) is 32.9 Å². The van der Waals surface area contributed by atoms with E-state index in [1.807, 2.05) is 32.0 Å². The highest BCUT2D eigenvalue weighted by molar-refractivity contribution is 7.09. The average Bonchev–Trinajstić information content (AvgIpc) is 2.92. The summed E-state index contributed by atoms with van der Waals surface area (Å²) in [6.07, 6.45) is 0. The third-order valence-corrected chi connectivity index (χ3v) is 4.51. The van der Waals surface area contributed by atoms with Gasteiger partial charge in [0.15, 0.2) is 5.43 Å². The number of fused-ring (bicyclic) bond motifs is 1. The minimum absolute atomic E-state index is 0.0615. The summed E-state index contributed by atoms with van der Waals surface area (Å²) in [4.78, 5) is 20.0. The third-order valence-electron chi connectivity index (χ3n) is 3.72. The smallest absolute Gasteiger partial charge is 0.189 e. The van der Waals surface area contributed by atoms with E-state index in [2.05, 4.69) is 27.6 Å². The molecule has 2 N–H and O–H groups in total. The van der Waals surface area contributed by atoms with Gasteiger partial charge in [0.05, 0.1) is 10.7 Å². The second kappa shape index (κ2) is 6.02. The van der Waals surface area contributed by atoms with E-state index in [-0.39, 0.29) is 11.5 Å². The number of nitrogens with one attached hydrogen (secondary N) is 2. The van der Waals surface area contributed by atoms with Crippen LogP contribution in [0.2, 0.25) is 0 Å². The van der Waals surface area contributed by atoms with E-state index < -0.39 is 0 Å². The molecule has 0 aliphatic heterocycles. The third kappa shape index (κ3) is 3.10. The Labute approximate surface area is 133 Å². The Bertz CT molecular complexity index is 866. The molecule has 0 aliphatic rings. The lowest BCUT2D eigenvalue weighted by Crippen LogP contribution is -2.20. The molecule has 0 saturated heterocycles. The van der Waals surface area contributed by atoms with Crippen molar-refractivity contribution in [1.82, 2.24) is 15.3 Å². The lowest BCUT2D eigenvalue weighted by molar-refractivity contribution is 0.557. The number of hydrogen-bond donors (Lipinski definition) is 2. The largest absolute Gasteiger partial charge is 0.357 e. The Morgan fingerprint density at radius 1 is 1.32 bits per heavy atom. The summed E-state index contributed by atoms with van der Waals surface area (Å²) in [6.45, 7) is 6.68. The van der Waals surface area contributed by atoms with Crippen LogP contribution in [0, 0.1) is 13.8 Å². The lowest BCUT2D eigenvalue weighted by atomic mass is 10.1. The lowest BCUT2D eigenvalue weighted by Gasteiger charge is -2.12. The van der Waals surface area contributed by atoms with E-state index in [4.69, 9.17) is 0 Å². The minimum atomic E-state index is 0.0615. The first-order chi connectivity index (χ1) is 10.5. The molecule has 114 valence electrons. The van der Waals surface area contributed by atoms with Crippen LogP contribution in [0.3, 0.4) is 0 Å². The fraction of sp³-hybridized carbons (Fsp3) is 0.294. The normalized spacial score (nSPS) is 12.7. The summed E-state index contributed by atoms with van der Waals surface area (Å²) in [5, 5.41) is 7.28. The van der Waals surface area contributed by atoms with Crippen molar-refractivity contribution < 1.29 is 0 Å². The minimum Gasteiger partial charge on any atom is -0.357 e. The Kier molecular flexibility index (Phi) is 4.09. The number of benzene rings is 1. The number of aromatic amines is 1. The van der Waals surface area contributed by atoms with Gasteiger partial charge in [0.2, 0.25) is 0 Å². The van der Waals surface area contributed by atoms with E-state index in [9.17, 15) is 4.79 Å². The highest BCUT2D eigenvalue weighted by Crippen LogP contribution is 2.16. The predicted octanol–water partition coefficient (Wildman–Crippen LogP) is 3.45. The van der Waals surface area contributed by atoms with E-state index in [1.165, 1.54) is 0 Å². The molecule has 0 saturated carbocycles. The summed E-state index contributed by atoms with van der Waals surface area (Å²) in [7, 11) is 0. The molecule has 1 aromatic carbocycles. The zero-order valence-corrected chi connectivity index (χ0v) is 13.8. The van der Waals surface area contributed by atoms with Gasteiger partial charge in [-0.3, -0.25) is 4.79 Å². The molecule has 0 spiro atoms. The van der Waals surface area contributed by atoms with Crippen molar-refractivity contribution in [3.05, 3.63) is 61.8 Å². The number of rotatable bonds is 4. The van der Waals surface area contributed by atoms with Crippen LogP contribution < -0.4 is 10.7 Å². The maximum atomic E-state index is 12.2. The molecule has 3 rings (SSSR count). The number of nitrogens with zero attached hydrogens (tertiary/aromatic N) is 1. The molecule has 0 aliphatic carbocycles. The number of aromatic nitrogens is 2. The van der Waals surface area contributed by atoms with Gasteiger partial charge in [0.1, 0.15) is 0 Å². The Hall–Kier alpha value is -1.98. The van der Waals surface area contributed by atoms with E-state index in [0.717, 1.165) is 32.9 Å². The number of pyridine rings is 1. The molecular formula is C17H19N3OS. The molecule has 1 atom stereocenters. The monoisotopic (exact) mass is 313 g/mol. The summed E-state index contributed by atoms with van der Waals surface area (Å²) in [6, 6.07) is 7.72. The van der Waals surface area contributed by atoms with Crippen LogP contribution in [-0.4, -0.2) is 9.97 Å². The van der Waals surface area contributed by atoms with E-state index >= 15 is 0 Å². The van der Waals surface area contributed by atoms with Crippen LogP contribution in [-0.2, 0) is 6.54 Å². The van der Waals surface area contributed by atoms with Gasteiger partial charge in [-0.1, -0.05) is 11.6 Å². The predicted molar refractivity (Wildman–Crippen MR) is 91.4 cm³/mol. The molecule has 0 unspecified atom stereocenters. The second-order valence-electron chi connectivity index (χ2n) is 5.60. The van der Waals surface area contributed by atoms with Gasteiger partial charge >= 0.3 is 0 Å². The highest BCUT2D eigenvalue weighted by atomic mass is 32.1. The van der Waals surface area contributed by atoms with Gasteiger partial charge in [0.25, 0.3) is 0 Å². The molecule has 5 heteroatoms. The molecule has 2 aromatic heterocycles. The Morgan fingerprint density at radius 2 is 2.14 bits per heavy atom. The maximum Gasteiger partial charge on any atom is 0.189 e. The fourth-order valence-electron chi connectivity index (χ4n) is 2.46. The molecule has 0 bridgehead atoms. The molecular weight excluding hydrogens is 294 g/mol. The highest BCUT2D eigenvalue weighted by Gasteiger charge is 2.09. The SMILES string of the molecule is Cc1ccc2[nH]c(CN[C@H](C)c3csc(C)n3)cc(=O)c2c1. The van der Waals surface area contributed by atoms with Gasteiger partial charge in [-0.25, -0.2) is 4.98 Å². The van der Waals surface area contributed by atoms with Gasteiger partial charge in [-0.15, -0.1) is 11.3 Å². The molecule has 0 amide bonds. The van der Waals surface area contributed by atoms with Crippen molar-refractivity contribution in [2.45, 2.75) is 33.4 Å². The van der Waals surface area contributed by atoms with Crippen LogP contribution in [0.5, 0.6) is 0 Å². The Morgan fingerprint density at radius 3 is 2.86 bits per heavy atom. The molecule has 3 aromatic rings.